The van der Waals surface area contributed by atoms with Gasteiger partial charge in [-0.3, -0.25) is 4.40 Å². The van der Waals surface area contributed by atoms with Crippen LogP contribution < -0.4 is 5.32 Å². The molecule has 0 bridgehead atoms. The second kappa shape index (κ2) is 6.12. The minimum Gasteiger partial charge on any atom is -0.383 e. The largest absolute Gasteiger partial charge is 0.383 e. The van der Waals surface area contributed by atoms with Gasteiger partial charge in [-0.2, -0.15) is 0 Å². The average Bonchev–Trinajstić information content (AvgIpc) is 2.79. The van der Waals surface area contributed by atoms with Crippen LogP contribution in [0.2, 0.25) is 0 Å². The maximum atomic E-state index is 5.18. The second-order valence-corrected chi connectivity index (χ2v) is 5.23. The van der Waals surface area contributed by atoms with Gasteiger partial charge in [-0.1, -0.05) is 19.9 Å². The van der Waals surface area contributed by atoms with Crippen molar-refractivity contribution >= 4 is 5.65 Å². The molecule has 0 aliphatic rings. The summed E-state index contributed by atoms with van der Waals surface area (Å²) in [6.45, 7) is 7.16. The van der Waals surface area contributed by atoms with Gasteiger partial charge in [-0.15, -0.1) is 10.2 Å². The van der Waals surface area contributed by atoms with E-state index in [-0.39, 0.29) is 12.1 Å². The van der Waals surface area contributed by atoms with E-state index < -0.39 is 0 Å². The molecule has 0 aromatic carbocycles. The third kappa shape index (κ3) is 3.11. The zero-order valence-corrected chi connectivity index (χ0v) is 12.0. The second-order valence-electron chi connectivity index (χ2n) is 5.23. The van der Waals surface area contributed by atoms with Crippen LogP contribution in [0.3, 0.4) is 0 Å². The molecule has 2 aromatic heterocycles. The number of nitrogens with one attached hydrogen (secondary N) is 1. The van der Waals surface area contributed by atoms with Crippen molar-refractivity contribution in [3.8, 4) is 0 Å². The number of rotatable bonds is 6. The van der Waals surface area contributed by atoms with Gasteiger partial charge in [-0.25, -0.2) is 0 Å². The van der Waals surface area contributed by atoms with Crippen LogP contribution in [-0.4, -0.2) is 34.4 Å². The molecule has 5 heteroatoms. The topological polar surface area (TPSA) is 51.5 Å². The van der Waals surface area contributed by atoms with Gasteiger partial charge >= 0.3 is 0 Å². The molecule has 0 saturated carbocycles. The van der Waals surface area contributed by atoms with Crippen molar-refractivity contribution in [2.75, 3.05) is 13.7 Å². The molecule has 2 rings (SSSR count). The fraction of sp³-hybridized carbons (Fsp3) is 0.571. The minimum atomic E-state index is 0.155. The van der Waals surface area contributed by atoms with Crippen molar-refractivity contribution in [2.24, 2.45) is 5.92 Å². The number of aromatic nitrogens is 3. The maximum absolute atomic E-state index is 5.18. The van der Waals surface area contributed by atoms with Gasteiger partial charge in [0, 0.05) is 19.3 Å². The van der Waals surface area contributed by atoms with Crippen molar-refractivity contribution in [3.05, 3.63) is 30.2 Å². The number of pyridine rings is 1. The first-order chi connectivity index (χ1) is 9.13. The summed E-state index contributed by atoms with van der Waals surface area (Å²) in [6, 6.07) is 6.36. The Morgan fingerprint density at radius 2 is 2.05 bits per heavy atom. The first-order valence-electron chi connectivity index (χ1n) is 6.68. The van der Waals surface area contributed by atoms with Crippen LogP contribution in [0.5, 0.6) is 0 Å². The number of nitrogens with zero attached hydrogens (tertiary/aromatic N) is 3. The third-order valence-electron chi connectivity index (χ3n) is 3.17. The van der Waals surface area contributed by atoms with E-state index in [0.29, 0.717) is 12.5 Å². The smallest absolute Gasteiger partial charge is 0.160 e. The Kier molecular flexibility index (Phi) is 4.50. The zero-order chi connectivity index (χ0) is 13.8. The van der Waals surface area contributed by atoms with Gasteiger partial charge in [0.15, 0.2) is 11.5 Å². The summed E-state index contributed by atoms with van der Waals surface area (Å²) in [5, 5.41) is 12.1. The lowest BCUT2D eigenvalue weighted by atomic mass is 10.0. The van der Waals surface area contributed by atoms with E-state index in [9.17, 15) is 0 Å². The number of hydrogen-bond acceptors (Lipinski definition) is 4. The van der Waals surface area contributed by atoms with Gasteiger partial charge in [0.2, 0.25) is 0 Å². The third-order valence-corrected chi connectivity index (χ3v) is 3.17. The molecule has 2 aromatic rings. The highest BCUT2D eigenvalue weighted by Gasteiger charge is 2.22. The highest BCUT2D eigenvalue weighted by atomic mass is 16.5. The Morgan fingerprint density at radius 1 is 1.26 bits per heavy atom. The van der Waals surface area contributed by atoms with Crippen LogP contribution in [0.1, 0.15) is 32.6 Å². The summed E-state index contributed by atoms with van der Waals surface area (Å²) < 4.78 is 7.22. The molecule has 5 nitrogen and oxygen atoms in total. The van der Waals surface area contributed by atoms with Gasteiger partial charge in [0.25, 0.3) is 0 Å². The molecule has 0 fully saturated rings. The molecule has 0 spiro atoms. The summed E-state index contributed by atoms with van der Waals surface area (Å²) in [6.07, 6.45) is 2.00. The van der Waals surface area contributed by atoms with Gasteiger partial charge in [0.05, 0.1) is 12.6 Å². The van der Waals surface area contributed by atoms with Crippen molar-refractivity contribution in [3.63, 3.8) is 0 Å². The number of methoxy groups -OCH3 is 1. The molecule has 0 saturated heterocycles. The van der Waals surface area contributed by atoms with Crippen LogP contribution in [0.25, 0.3) is 5.65 Å². The molecule has 0 aliphatic carbocycles. The minimum absolute atomic E-state index is 0.155. The number of fused-ring (bicyclic) bond motifs is 1. The lowest BCUT2D eigenvalue weighted by molar-refractivity contribution is 0.160. The Morgan fingerprint density at radius 3 is 2.74 bits per heavy atom. The maximum Gasteiger partial charge on any atom is 0.160 e. The molecular weight excluding hydrogens is 240 g/mol. The molecule has 0 unspecified atom stereocenters. The summed E-state index contributed by atoms with van der Waals surface area (Å²) in [5.41, 5.74) is 0.879. The predicted molar refractivity (Wildman–Crippen MR) is 75.0 cm³/mol. The number of hydrogen-bond donors (Lipinski definition) is 1. The highest BCUT2D eigenvalue weighted by Crippen LogP contribution is 2.21. The Labute approximate surface area is 114 Å². The van der Waals surface area contributed by atoms with Crippen LogP contribution in [0.15, 0.2) is 24.4 Å². The van der Waals surface area contributed by atoms with E-state index in [1.54, 1.807) is 7.11 Å². The first kappa shape index (κ1) is 14.0. The van der Waals surface area contributed by atoms with Crippen LogP contribution >= 0.6 is 0 Å². The lowest BCUT2D eigenvalue weighted by Gasteiger charge is -2.24. The molecule has 2 atom stereocenters. The SMILES string of the molecule is COC[C@@H](C)N[C@H](c1nnc2ccccn12)C(C)C. The van der Waals surface area contributed by atoms with Gasteiger partial charge in [0.1, 0.15) is 0 Å². The first-order valence-corrected chi connectivity index (χ1v) is 6.68. The Bertz CT molecular complexity index is 523. The van der Waals surface area contributed by atoms with Crippen molar-refractivity contribution in [1.82, 2.24) is 19.9 Å². The van der Waals surface area contributed by atoms with E-state index >= 15 is 0 Å². The van der Waals surface area contributed by atoms with Crippen molar-refractivity contribution in [2.45, 2.75) is 32.9 Å². The molecular formula is C14H22N4O. The quantitative estimate of drug-likeness (QED) is 0.865. The lowest BCUT2D eigenvalue weighted by Crippen LogP contribution is -2.37. The van der Waals surface area contributed by atoms with E-state index in [0.717, 1.165) is 11.5 Å². The van der Waals surface area contributed by atoms with Gasteiger partial charge < -0.3 is 10.1 Å². The molecule has 104 valence electrons. The zero-order valence-electron chi connectivity index (χ0n) is 12.0. The standard InChI is InChI=1S/C14H22N4O/c1-10(2)13(15-11(3)9-19-4)14-17-16-12-7-5-6-8-18(12)14/h5-8,10-11,13,15H,9H2,1-4H3/t11-,13+/m1/s1. The van der Waals surface area contributed by atoms with E-state index in [1.807, 2.05) is 28.8 Å². The molecule has 0 amide bonds. The molecule has 0 aliphatic heterocycles. The van der Waals surface area contributed by atoms with E-state index in [1.165, 1.54) is 0 Å². The van der Waals surface area contributed by atoms with Gasteiger partial charge in [-0.05, 0) is 25.0 Å². The summed E-state index contributed by atoms with van der Waals surface area (Å²) >= 11 is 0. The summed E-state index contributed by atoms with van der Waals surface area (Å²) in [5.74, 6) is 1.38. The number of ether oxygens (including phenoxy) is 1. The Hall–Kier alpha value is -1.46. The molecule has 2 heterocycles. The fourth-order valence-corrected chi connectivity index (χ4v) is 2.24. The van der Waals surface area contributed by atoms with Crippen molar-refractivity contribution in [1.29, 1.82) is 0 Å². The molecule has 0 radical (unpaired) electrons. The summed E-state index contributed by atoms with van der Waals surface area (Å²) in [4.78, 5) is 0. The fourth-order valence-electron chi connectivity index (χ4n) is 2.24. The summed E-state index contributed by atoms with van der Waals surface area (Å²) in [7, 11) is 1.72. The Balaban J connectivity index is 2.28. The normalized spacial score (nSPS) is 15.0. The van der Waals surface area contributed by atoms with Crippen LogP contribution in [0, 0.1) is 5.92 Å². The van der Waals surface area contributed by atoms with Crippen LogP contribution in [-0.2, 0) is 4.74 Å². The monoisotopic (exact) mass is 262 g/mol. The van der Waals surface area contributed by atoms with Crippen LogP contribution in [0.4, 0.5) is 0 Å². The highest BCUT2D eigenvalue weighted by molar-refractivity contribution is 5.37. The van der Waals surface area contributed by atoms with E-state index in [2.05, 4.69) is 36.3 Å². The van der Waals surface area contributed by atoms with E-state index in [4.69, 9.17) is 4.74 Å². The molecule has 19 heavy (non-hydrogen) atoms. The molecule has 1 N–H and O–H groups in total. The average molecular weight is 262 g/mol. The van der Waals surface area contributed by atoms with Crippen molar-refractivity contribution < 1.29 is 4.74 Å². The predicted octanol–water partition coefficient (Wildman–Crippen LogP) is 2.05.